The maximum absolute atomic E-state index is 10.9. The average molecular weight is 264 g/mol. The number of anilines is 1. The van der Waals surface area contributed by atoms with E-state index in [0.717, 1.165) is 8.79 Å². The maximum Gasteiger partial charge on any atom is 0.325 e. The Morgan fingerprint density at radius 2 is 2.46 bits per heavy atom. The molecule has 1 N–H and O–H groups in total. The Labute approximate surface area is 89.2 Å². The molecule has 0 saturated heterocycles. The van der Waals surface area contributed by atoms with E-state index in [1.807, 2.05) is 12.1 Å². The van der Waals surface area contributed by atoms with Crippen LogP contribution in [0.25, 0.3) is 0 Å². The predicted octanol–water partition coefficient (Wildman–Crippen LogP) is 2.49. The molecule has 1 heterocycles. The van der Waals surface area contributed by atoms with Crippen molar-refractivity contribution in [1.29, 1.82) is 0 Å². The van der Waals surface area contributed by atoms with Crippen molar-refractivity contribution < 1.29 is 9.53 Å². The van der Waals surface area contributed by atoms with Gasteiger partial charge in [0, 0.05) is 0 Å². The minimum atomic E-state index is -0.230. The molecule has 0 aliphatic rings. The van der Waals surface area contributed by atoms with Crippen molar-refractivity contribution in [3.8, 4) is 0 Å². The number of esters is 1. The molecule has 0 radical (unpaired) electrons. The van der Waals surface area contributed by atoms with Crippen LogP contribution in [0.1, 0.15) is 6.92 Å². The van der Waals surface area contributed by atoms with Crippen LogP contribution in [0.15, 0.2) is 15.9 Å². The van der Waals surface area contributed by atoms with E-state index >= 15 is 0 Å². The summed E-state index contributed by atoms with van der Waals surface area (Å²) in [5.74, 6) is -0.230. The van der Waals surface area contributed by atoms with Gasteiger partial charge in [0.15, 0.2) is 0 Å². The zero-order chi connectivity index (χ0) is 9.68. The number of rotatable bonds is 4. The van der Waals surface area contributed by atoms with Crippen molar-refractivity contribution in [3.63, 3.8) is 0 Å². The Morgan fingerprint density at radius 3 is 3.00 bits per heavy atom. The summed E-state index contributed by atoms with van der Waals surface area (Å²) in [5.41, 5.74) is 0. The number of carbonyl (C=O) groups excluding carboxylic acids is 1. The molecule has 0 aromatic carbocycles. The standard InChI is InChI=1S/C8H10BrNO2S/c1-2-12-8(11)5-10-7-4-3-6(9)13-7/h3-4,10H,2,5H2,1H3. The van der Waals surface area contributed by atoms with Crippen molar-refractivity contribution in [2.75, 3.05) is 18.5 Å². The first-order chi connectivity index (χ1) is 6.22. The summed E-state index contributed by atoms with van der Waals surface area (Å²) in [6, 6.07) is 3.84. The number of thiophene rings is 1. The molecule has 1 rings (SSSR count). The smallest absolute Gasteiger partial charge is 0.325 e. The summed E-state index contributed by atoms with van der Waals surface area (Å²) >= 11 is 4.88. The van der Waals surface area contributed by atoms with E-state index in [-0.39, 0.29) is 12.5 Å². The molecular formula is C8H10BrNO2S. The number of nitrogens with one attached hydrogen (secondary N) is 1. The van der Waals surface area contributed by atoms with Crippen LogP contribution >= 0.6 is 27.3 Å². The molecule has 1 aromatic heterocycles. The van der Waals surface area contributed by atoms with E-state index in [1.165, 1.54) is 0 Å². The van der Waals surface area contributed by atoms with Gasteiger partial charge < -0.3 is 10.1 Å². The summed E-state index contributed by atoms with van der Waals surface area (Å²) in [5, 5.41) is 3.92. The third-order valence-electron chi connectivity index (χ3n) is 1.29. The lowest BCUT2D eigenvalue weighted by atomic mass is 10.6. The first-order valence-electron chi connectivity index (χ1n) is 3.87. The number of hydrogen-bond acceptors (Lipinski definition) is 4. The zero-order valence-corrected chi connectivity index (χ0v) is 9.57. The minimum absolute atomic E-state index is 0.223. The van der Waals surface area contributed by atoms with Crippen LogP contribution in [-0.4, -0.2) is 19.1 Å². The molecule has 0 unspecified atom stereocenters. The van der Waals surface area contributed by atoms with Crippen molar-refractivity contribution in [1.82, 2.24) is 0 Å². The quantitative estimate of drug-likeness (QED) is 0.849. The van der Waals surface area contributed by atoms with Crippen LogP contribution in [0, 0.1) is 0 Å². The second-order valence-electron chi connectivity index (χ2n) is 2.26. The normalized spacial score (nSPS) is 9.69. The van der Waals surface area contributed by atoms with Crippen LogP contribution in [0.4, 0.5) is 5.00 Å². The van der Waals surface area contributed by atoms with Crippen LogP contribution in [0.3, 0.4) is 0 Å². The highest BCUT2D eigenvalue weighted by Crippen LogP contribution is 2.26. The van der Waals surface area contributed by atoms with E-state index < -0.39 is 0 Å². The molecule has 0 saturated carbocycles. The highest BCUT2D eigenvalue weighted by atomic mass is 79.9. The first-order valence-corrected chi connectivity index (χ1v) is 5.48. The van der Waals surface area contributed by atoms with Gasteiger partial charge in [-0.05, 0) is 35.0 Å². The van der Waals surface area contributed by atoms with E-state index in [4.69, 9.17) is 4.74 Å². The average Bonchev–Trinajstić information content (AvgIpc) is 2.49. The molecule has 1 aromatic rings. The van der Waals surface area contributed by atoms with Gasteiger partial charge in [0.05, 0.1) is 15.4 Å². The topological polar surface area (TPSA) is 38.3 Å². The molecule has 3 nitrogen and oxygen atoms in total. The van der Waals surface area contributed by atoms with Crippen LogP contribution in [-0.2, 0) is 9.53 Å². The molecule has 5 heteroatoms. The summed E-state index contributed by atoms with van der Waals surface area (Å²) in [4.78, 5) is 10.9. The molecular weight excluding hydrogens is 254 g/mol. The Hall–Kier alpha value is -0.550. The second kappa shape index (κ2) is 5.24. The fourth-order valence-electron chi connectivity index (χ4n) is 0.781. The molecule has 0 bridgehead atoms. The van der Waals surface area contributed by atoms with Crippen molar-refractivity contribution >= 4 is 38.2 Å². The number of halogens is 1. The van der Waals surface area contributed by atoms with Crippen molar-refractivity contribution in [2.24, 2.45) is 0 Å². The largest absolute Gasteiger partial charge is 0.465 e. The Bertz CT molecular complexity index is 287. The van der Waals surface area contributed by atoms with E-state index in [9.17, 15) is 4.79 Å². The van der Waals surface area contributed by atoms with Gasteiger partial charge in [-0.2, -0.15) is 0 Å². The van der Waals surface area contributed by atoms with Gasteiger partial charge in [0.2, 0.25) is 0 Å². The number of hydrogen-bond donors (Lipinski definition) is 1. The molecule has 0 atom stereocenters. The van der Waals surface area contributed by atoms with Gasteiger partial charge >= 0.3 is 5.97 Å². The highest BCUT2D eigenvalue weighted by molar-refractivity contribution is 9.11. The van der Waals surface area contributed by atoms with Crippen molar-refractivity contribution in [2.45, 2.75) is 6.92 Å². The Kier molecular flexibility index (Phi) is 4.24. The van der Waals surface area contributed by atoms with Gasteiger partial charge in [-0.15, -0.1) is 11.3 Å². The lowest BCUT2D eigenvalue weighted by molar-refractivity contribution is -0.140. The molecule has 0 aliphatic carbocycles. The van der Waals surface area contributed by atoms with Gasteiger partial charge in [-0.1, -0.05) is 0 Å². The molecule has 0 fully saturated rings. The van der Waals surface area contributed by atoms with Crippen LogP contribution in [0.2, 0.25) is 0 Å². The minimum Gasteiger partial charge on any atom is -0.465 e. The number of ether oxygens (including phenoxy) is 1. The molecule has 0 amide bonds. The molecule has 0 spiro atoms. The summed E-state index contributed by atoms with van der Waals surface area (Å²) < 4.78 is 5.80. The summed E-state index contributed by atoms with van der Waals surface area (Å²) in [7, 11) is 0. The zero-order valence-electron chi connectivity index (χ0n) is 7.17. The lowest BCUT2D eigenvalue weighted by Crippen LogP contribution is -2.15. The van der Waals surface area contributed by atoms with E-state index in [0.29, 0.717) is 6.61 Å². The van der Waals surface area contributed by atoms with Crippen LogP contribution < -0.4 is 5.32 Å². The summed E-state index contributed by atoms with van der Waals surface area (Å²) in [6.45, 7) is 2.44. The molecule has 13 heavy (non-hydrogen) atoms. The number of carbonyl (C=O) groups is 1. The molecule has 72 valence electrons. The first kappa shape index (κ1) is 10.5. The van der Waals surface area contributed by atoms with Gasteiger partial charge in [0.25, 0.3) is 0 Å². The Morgan fingerprint density at radius 1 is 1.69 bits per heavy atom. The van der Waals surface area contributed by atoms with Crippen molar-refractivity contribution in [3.05, 3.63) is 15.9 Å². The second-order valence-corrected chi connectivity index (χ2v) is 4.73. The fourth-order valence-corrected chi connectivity index (χ4v) is 2.06. The molecule has 0 aliphatic heterocycles. The van der Waals surface area contributed by atoms with Gasteiger partial charge in [0.1, 0.15) is 6.54 Å². The van der Waals surface area contributed by atoms with Crippen LogP contribution in [0.5, 0.6) is 0 Å². The summed E-state index contributed by atoms with van der Waals surface area (Å²) in [6.07, 6.45) is 0. The lowest BCUT2D eigenvalue weighted by Gasteiger charge is -2.02. The van der Waals surface area contributed by atoms with Gasteiger partial charge in [-0.25, -0.2) is 0 Å². The van der Waals surface area contributed by atoms with E-state index in [2.05, 4.69) is 21.2 Å². The monoisotopic (exact) mass is 263 g/mol. The van der Waals surface area contributed by atoms with E-state index in [1.54, 1.807) is 18.3 Å². The fraction of sp³-hybridized carbons (Fsp3) is 0.375. The predicted molar refractivity (Wildman–Crippen MR) is 57.1 cm³/mol. The maximum atomic E-state index is 10.9. The third-order valence-corrected chi connectivity index (χ3v) is 2.87. The van der Waals surface area contributed by atoms with Gasteiger partial charge in [-0.3, -0.25) is 4.79 Å². The third kappa shape index (κ3) is 3.78. The Balaban J connectivity index is 2.30. The highest BCUT2D eigenvalue weighted by Gasteiger charge is 2.02. The SMILES string of the molecule is CCOC(=O)CNc1ccc(Br)s1.